The van der Waals surface area contributed by atoms with Gasteiger partial charge in [0.2, 0.25) is 0 Å². The highest BCUT2D eigenvalue weighted by atomic mass is 32.1. The number of benzene rings is 10. The predicted molar refractivity (Wildman–Crippen MR) is 460 cm³/mol. The van der Waals surface area contributed by atoms with E-state index in [0.29, 0.717) is 33.0 Å². The molecule has 0 amide bonds. The lowest BCUT2D eigenvalue weighted by Crippen LogP contribution is -1.98. The van der Waals surface area contributed by atoms with Gasteiger partial charge in [-0.15, -0.1) is 63.1 Å². The fourth-order valence-electron chi connectivity index (χ4n) is 9.67. The monoisotopic (exact) mass is 1610 g/mol. The maximum absolute atomic E-state index is 5.73. The summed E-state index contributed by atoms with van der Waals surface area (Å²) in [7, 11) is 0. The first kappa shape index (κ1) is 99.6. The van der Waals surface area contributed by atoms with Crippen LogP contribution in [0.3, 0.4) is 0 Å². The zero-order chi connectivity index (χ0) is 74.6. The lowest BCUT2D eigenvalue weighted by Gasteiger charge is -2.08. The molecule has 0 aliphatic rings. The first-order valence-corrected chi connectivity index (χ1v) is 39.3. The first-order valence-electron chi connectivity index (χ1n) is 37.1. The van der Waals surface area contributed by atoms with Crippen molar-refractivity contribution >= 4 is 63.1 Å². The summed E-state index contributed by atoms with van der Waals surface area (Å²) in [6, 6.07) is 78.9. The number of hydrogen-bond donors (Lipinski definition) is 5. The van der Waals surface area contributed by atoms with Crippen LogP contribution in [0.15, 0.2) is 267 Å². The van der Waals surface area contributed by atoms with Crippen molar-refractivity contribution < 1.29 is 70.9 Å². The molecule has 110 heavy (non-hydrogen) atoms. The van der Waals surface area contributed by atoms with Crippen molar-refractivity contribution in [3.63, 3.8) is 0 Å². The summed E-state index contributed by atoms with van der Waals surface area (Å²) in [5.74, 6) is 8.90. The summed E-state index contributed by atoms with van der Waals surface area (Å²) < 4.78 is 57.1. The van der Waals surface area contributed by atoms with E-state index in [1.807, 2.05) is 243 Å². The van der Waals surface area contributed by atoms with Gasteiger partial charge in [0.05, 0.1) is 33.0 Å². The van der Waals surface area contributed by atoms with Gasteiger partial charge in [-0.2, -0.15) is 0 Å². The van der Waals surface area contributed by atoms with Gasteiger partial charge in [-0.3, -0.25) is 23.5 Å². The molecule has 0 aromatic heterocycles. The summed E-state index contributed by atoms with van der Waals surface area (Å²) in [6.07, 6.45) is 17.7. The Morgan fingerprint density at radius 3 is 0.409 bits per heavy atom. The zero-order valence-electron chi connectivity index (χ0n) is 64.1. The Morgan fingerprint density at radius 1 is 0.164 bits per heavy atom. The van der Waals surface area contributed by atoms with Gasteiger partial charge in [0.1, 0.15) is 90.5 Å². The largest absolute Gasteiger partial charge is 0.494 e. The van der Waals surface area contributed by atoms with Crippen molar-refractivity contribution in [3.8, 4) is 57.5 Å². The molecule has 20 heteroatoms. The standard InChI is InChI=1S/5C18H22O2S.5FH/c5*1-2-3-4-13-19-16-7-5-15(6-8-16)14-20-17-9-11-18(21)12-10-17;;;;;/h5*5-12,21H,2-4,13-14H2,1H3;5*1H. The van der Waals surface area contributed by atoms with Gasteiger partial charge in [-0.1, -0.05) is 159 Å². The van der Waals surface area contributed by atoms with E-state index < -0.39 is 0 Å². The third-order valence-electron chi connectivity index (χ3n) is 15.9. The first-order chi connectivity index (χ1) is 51.4. The SMILES string of the molecule is CCCCCOc1ccc(COc2ccc(S)cc2)cc1.CCCCCOc1ccc(COc2ccc(S)cc2)cc1.CCCCCOc1ccc(COc2ccc(S)cc2)cc1.CCCCCOc1ccc(COc2ccc(S)cc2)cc1.CCCCCOc1ccc(COc2ccc(S)cc2)cc1.F.F.F.F.F. The molecule has 0 bridgehead atoms. The molecule has 0 heterocycles. The Morgan fingerprint density at radius 2 is 0.282 bits per heavy atom. The number of thiol groups is 5. The Balaban J connectivity index is 0.000000680. The highest BCUT2D eigenvalue weighted by Crippen LogP contribution is 2.25. The molecule has 0 fully saturated rings. The van der Waals surface area contributed by atoms with E-state index in [2.05, 4.69) is 97.8 Å². The van der Waals surface area contributed by atoms with E-state index in [9.17, 15) is 0 Å². The minimum Gasteiger partial charge on any atom is -0.494 e. The fourth-order valence-corrected chi connectivity index (χ4v) is 10.4. The highest BCUT2D eigenvalue weighted by molar-refractivity contribution is 7.81. The van der Waals surface area contributed by atoms with Crippen LogP contribution < -0.4 is 47.4 Å². The van der Waals surface area contributed by atoms with E-state index >= 15 is 0 Å². The zero-order valence-corrected chi connectivity index (χ0v) is 68.6. The van der Waals surface area contributed by atoms with Crippen molar-refractivity contribution in [2.75, 3.05) is 33.0 Å². The Kier molecular flexibility index (Phi) is 56.4. The smallest absolute Gasteiger partial charge is 0.119 e. The van der Waals surface area contributed by atoms with Gasteiger partial charge in [-0.25, -0.2) is 0 Å². The number of rotatable bonds is 40. The molecule has 0 saturated carbocycles. The molecule has 0 N–H and O–H groups in total. The van der Waals surface area contributed by atoms with Crippen molar-refractivity contribution in [1.29, 1.82) is 0 Å². The predicted octanol–water partition coefficient (Wildman–Crippen LogP) is 26.4. The van der Waals surface area contributed by atoms with Crippen LogP contribution >= 0.6 is 63.1 Å². The average molecular weight is 1610 g/mol. The Bertz CT molecular complexity index is 3220. The Hall–Kier alpha value is -8.40. The van der Waals surface area contributed by atoms with Crippen LogP contribution in [0, 0.1) is 0 Å². The van der Waals surface area contributed by atoms with Crippen LogP contribution in [0.1, 0.15) is 159 Å². The van der Waals surface area contributed by atoms with E-state index in [1.54, 1.807) is 0 Å². The molecule has 0 aliphatic heterocycles. The van der Waals surface area contributed by atoms with E-state index in [-0.39, 0.29) is 23.5 Å². The number of ether oxygens (including phenoxy) is 10. The molecule has 10 aromatic carbocycles. The maximum Gasteiger partial charge on any atom is 0.119 e. The normalized spacial score (nSPS) is 9.91. The molecule has 600 valence electrons. The molecule has 0 aliphatic carbocycles. The topological polar surface area (TPSA) is 92.3 Å². The highest BCUT2D eigenvalue weighted by Gasteiger charge is 2.05. The fraction of sp³-hybridized carbons (Fsp3) is 0.333. The second-order valence-corrected chi connectivity index (χ2v) is 27.5. The quantitative estimate of drug-likeness (QED) is 0.0145. The second kappa shape index (κ2) is 62.3. The molecule has 10 aromatic rings. The average Bonchev–Trinajstić information content (AvgIpc) is 0.911. The number of unbranched alkanes of at least 4 members (excludes halogenated alkanes) is 10. The molecule has 0 atom stereocenters. The van der Waals surface area contributed by atoms with Crippen LogP contribution in [0.5, 0.6) is 57.5 Å². The van der Waals surface area contributed by atoms with Gasteiger partial charge in [0, 0.05) is 24.5 Å². The van der Waals surface area contributed by atoms with E-state index in [0.717, 1.165) is 175 Å². The van der Waals surface area contributed by atoms with Crippen LogP contribution in [0.4, 0.5) is 23.5 Å². The van der Waals surface area contributed by atoms with Crippen LogP contribution in [-0.4, -0.2) is 33.0 Å². The second-order valence-electron chi connectivity index (χ2n) is 24.9. The summed E-state index contributed by atoms with van der Waals surface area (Å²) >= 11 is 21.3. The molecule has 10 nitrogen and oxygen atoms in total. The lowest BCUT2D eigenvalue weighted by molar-refractivity contribution is 0.300. The summed E-state index contributed by atoms with van der Waals surface area (Å²) in [4.78, 5) is 4.68. The Labute approximate surface area is 678 Å². The van der Waals surface area contributed by atoms with E-state index in [4.69, 9.17) is 47.4 Å². The van der Waals surface area contributed by atoms with Gasteiger partial charge in [-0.05, 0) is 242 Å². The van der Waals surface area contributed by atoms with Crippen molar-refractivity contribution in [1.82, 2.24) is 0 Å². The summed E-state index contributed by atoms with van der Waals surface area (Å²) in [6.45, 7) is 17.7. The van der Waals surface area contributed by atoms with Crippen LogP contribution in [0.25, 0.3) is 0 Å². The molecule has 0 saturated heterocycles. The molecular weight excluding hydrogens is 1500 g/mol. The number of hydrogen-bond acceptors (Lipinski definition) is 15. The third kappa shape index (κ3) is 45.1. The van der Waals surface area contributed by atoms with Gasteiger partial charge >= 0.3 is 0 Å². The minimum absolute atomic E-state index is 0. The molecule has 0 unspecified atom stereocenters. The molecule has 0 radical (unpaired) electrons. The van der Waals surface area contributed by atoms with Crippen molar-refractivity contribution in [2.45, 2.75) is 188 Å². The van der Waals surface area contributed by atoms with E-state index in [1.165, 1.54) is 64.2 Å². The van der Waals surface area contributed by atoms with Crippen LogP contribution in [-0.2, 0) is 33.0 Å². The van der Waals surface area contributed by atoms with Crippen molar-refractivity contribution in [2.24, 2.45) is 0 Å². The summed E-state index contributed by atoms with van der Waals surface area (Å²) in [5.41, 5.74) is 5.65. The lowest BCUT2D eigenvalue weighted by atomic mass is 10.2. The minimum atomic E-state index is 0. The molecule has 0 spiro atoms. The molecule has 10 rings (SSSR count). The van der Waals surface area contributed by atoms with Crippen LogP contribution in [0.2, 0.25) is 0 Å². The molecular formula is C90H115F5O10S5. The van der Waals surface area contributed by atoms with Gasteiger partial charge in [0.25, 0.3) is 0 Å². The third-order valence-corrected chi connectivity index (χ3v) is 17.4. The van der Waals surface area contributed by atoms with Gasteiger partial charge < -0.3 is 47.4 Å². The number of halogens is 5. The summed E-state index contributed by atoms with van der Waals surface area (Å²) in [5, 5.41) is 0. The van der Waals surface area contributed by atoms with Crippen molar-refractivity contribution in [3.05, 3.63) is 270 Å². The maximum atomic E-state index is 5.73. The van der Waals surface area contributed by atoms with Gasteiger partial charge in [0.15, 0.2) is 0 Å².